The highest BCUT2D eigenvalue weighted by Gasteiger charge is 2.41. The molecule has 0 aliphatic carbocycles. The summed E-state index contributed by atoms with van der Waals surface area (Å²) >= 11 is 12.1. The first kappa shape index (κ1) is 16.0. The lowest BCUT2D eigenvalue weighted by atomic mass is 10.0. The molecule has 112 valence electrons. The molecule has 20 heavy (non-hydrogen) atoms. The molecule has 0 saturated carbocycles. The predicted molar refractivity (Wildman–Crippen MR) is 81.6 cm³/mol. The minimum Gasteiger partial charge on any atom is -0.326 e. The first-order chi connectivity index (χ1) is 9.20. The summed E-state index contributed by atoms with van der Waals surface area (Å²) < 4.78 is 27.1. The number of benzene rings is 1. The van der Waals surface area contributed by atoms with Crippen molar-refractivity contribution in [2.45, 2.75) is 43.7 Å². The molecule has 0 spiro atoms. The van der Waals surface area contributed by atoms with Crippen molar-refractivity contribution in [3.05, 3.63) is 27.7 Å². The van der Waals surface area contributed by atoms with Gasteiger partial charge in [-0.15, -0.1) is 0 Å². The third kappa shape index (κ3) is 2.70. The van der Waals surface area contributed by atoms with Crippen molar-refractivity contribution < 1.29 is 8.42 Å². The molecule has 1 aliphatic heterocycles. The predicted octanol–water partition coefficient (Wildman–Crippen LogP) is 3.02. The Morgan fingerprint density at radius 3 is 2.45 bits per heavy atom. The highest BCUT2D eigenvalue weighted by molar-refractivity contribution is 7.89. The zero-order chi connectivity index (χ0) is 15.1. The topological polar surface area (TPSA) is 63.4 Å². The molecule has 2 N–H and O–H groups in total. The van der Waals surface area contributed by atoms with Gasteiger partial charge in [0.05, 0.1) is 5.02 Å². The van der Waals surface area contributed by atoms with E-state index in [2.05, 4.69) is 0 Å². The van der Waals surface area contributed by atoms with Crippen LogP contribution < -0.4 is 5.73 Å². The van der Waals surface area contributed by atoms with Gasteiger partial charge in [0.2, 0.25) is 10.0 Å². The van der Waals surface area contributed by atoms with Crippen LogP contribution in [0.5, 0.6) is 0 Å². The number of sulfonamides is 1. The van der Waals surface area contributed by atoms with E-state index in [4.69, 9.17) is 28.9 Å². The van der Waals surface area contributed by atoms with E-state index in [1.165, 1.54) is 16.4 Å². The zero-order valence-electron chi connectivity index (χ0n) is 11.5. The van der Waals surface area contributed by atoms with Crippen LogP contribution in [0.3, 0.4) is 0 Å². The Kier molecular flexibility index (Phi) is 4.38. The molecule has 1 fully saturated rings. The molecule has 1 saturated heterocycles. The molecule has 7 heteroatoms. The number of rotatable bonds is 3. The van der Waals surface area contributed by atoms with E-state index in [0.29, 0.717) is 17.1 Å². The Bertz CT molecular complexity index is 630. The van der Waals surface area contributed by atoms with Crippen molar-refractivity contribution in [1.82, 2.24) is 4.31 Å². The Morgan fingerprint density at radius 1 is 1.30 bits per heavy atom. The van der Waals surface area contributed by atoms with E-state index in [9.17, 15) is 8.42 Å². The standard InChI is InChI=1S/C13H18Cl2N2O2S/c1-13(2)4-3-5-17(13)20(18,19)12-6-9(8-16)10(14)7-11(12)15/h6-7H,3-5,8,16H2,1-2H3. The maximum Gasteiger partial charge on any atom is 0.245 e. The second kappa shape index (κ2) is 5.46. The maximum atomic E-state index is 12.8. The van der Waals surface area contributed by atoms with Crippen molar-refractivity contribution in [2.75, 3.05) is 6.54 Å². The van der Waals surface area contributed by atoms with Crippen LogP contribution in [-0.4, -0.2) is 24.8 Å². The van der Waals surface area contributed by atoms with Crippen molar-refractivity contribution in [1.29, 1.82) is 0 Å². The van der Waals surface area contributed by atoms with Crippen LogP contribution in [0, 0.1) is 0 Å². The number of hydrogen-bond acceptors (Lipinski definition) is 3. The molecular formula is C13H18Cl2N2O2S. The van der Waals surface area contributed by atoms with E-state index in [1.54, 1.807) is 0 Å². The number of hydrogen-bond donors (Lipinski definition) is 1. The van der Waals surface area contributed by atoms with Gasteiger partial charge in [-0.1, -0.05) is 23.2 Å². The summed E-state index contributed by atoms with van der Waals surface area (Å²) in [4.78, 5) is 0.0824. The smallest absolute Gasteiger partial charge is 0.245 e. The second-order valence-electron chi connectivity index (χ2n) is 5.57. The summed E-state index contributed by atoms with van der Waals surface area (Å²) in [5.41, 5.74) is 5.76. The average molecular weight is 337 g/mol. The van der Waals surface area contributed by atoms with Crippen LogP contribution in [0.15, 0.2) is 17.0 Å². The fourth-order valence-corrected chi connectivity index (χ4v) is 5.27. The number of nitrogens with two attached hydrogens (primary N) is 1. The van der Waals surface area contributed by atoms with Crippen LogP contribution in [0.25, 0.3) is 0 Å². The summed E-state index contributed by atoms with van der Waals surface area (Å²) in [5, 5.41) is 0.520. The Labute approximate surface area is 129 Å². The monoisotopic (exact) mass is 336 g/mol. The number of halogens is 2. The normalized spacial score (nSPS) is 19.4. The Balaban J connectivity index is 2.55. The molecule has 0 aromatic heterocycles. The second-order valence-corrected chi connectivity index (χ2v) is 8.22. The van der Waals surface area contributed by atoms with Gasteiger partial charge < -0.3 is 5.73 Å². The van der Waals surface area contributed by atoms with E-state index < -0.39 is 15.6 Å². The quantitative estimate of drug-likeness (QED) is 0.922. The molecule has 1 aromatic carbocycles. The molecule has 1 aliphatic rings. The van der Waals surface area contributed by atoms with Gasteiger partial charge in [0, 0.05) is 23.7 Å². The van der Waals surface area contributed by atoms with Gasteiger partial charge in [-0.3, -0.25) is 0 Å². The fraction of sp³-hybridized carbons (Fsp3) is 0.538. The molecule has 4 nitrogen and oxygen atoms in total. The van der Waals surface area contributed by atoms with Gasteiger partial charge >= 0.3 is 0 Å². The third-order valence-electron chi connectivity index (χ3n) is 3.71. The molecule has 0 bridgehead atoms. The van der Waals surface area contributed by atoms with E-state index in [0.717, 1.165) is 12.8 Å². The molecule has 1 aromatic rings. The molecular weight excluding hydrogens is 319 g/mol. The van der Waals surface area contributed by atoms with Crippen molar-refractivity contribution in [3.63, 3.8) is 0 Å². The van der Waals surface area contributed by atoms with Crippen LogP contribution in [0.2, 0.25) is 10.0 Å². The van der Waals surface area contributed by atoms with Crippen molar-refractivity contribution in [2.24, 2.45) is 5.73 Å². The zero-order valence-corrected chi connectivity index (χ0v) is 13.8. The first-order valence-electron chi connectivity index (χ1n) is 6.41. The van der Waals surface area contributed by atoms with Crippen molar-refractivity contribution in [3.8, 4) is 0 Å². The first-order valence-corrected chi connectivity index (χ1v) is 8.60. The molecule has 0 unspecified atom stereocenters. The average Bonchev–Trinajstić information content (AvgIpc) is 2.69. The summed E-state index contributed by atoms with van der Waals surface area (Å²) in [6.07, 6.45) is 1.68. The van der Waals surface area contributed by atoms with Gasteiger partial charge in [-0.2, -0.15) is 4.31 Å². The molecule has 0 radical (unpaired) electrons. The van der Waals surface area contributed by atoms with Crippen LogP contribution in [0.1, 0.15) is 32.3 Å². The van der Waals surface area contributed by atoms with Crippen LogP contribution in [-0.2, 0) is 16.6 Å². The van der Waals surface area contributed by atoms with E-state index >= 15 is 0 Å². The number of nitrogens with zero attached hydrogens (tertiary/aromatic N) is 1. The fourth-order valence-electron chi connectivity index (χ4n) is 2.57. The molecule has 0 atom stereocenters. The minimum absolute atomic E-state index is 0.0824. The van der Waals surface area contributed by atoms with Gasteiger partial charge in [-0.05, 0) is 44.4 Å². The molecule has 0 amide bonds. The van der Waals surface area contributed by atoms with Gasteiger partial charge in [0.25, 0.3) is 0 Å². The van der Waals surface area contributed by atoms with Gasteiger partial charge in [-0.25, -0.2) is 8.42 Å². The highest BCUT2D eigenvalue weighted by Crippen LogP contribution is 2.37. The Morgan fingerprint density at radius 2 is 1.95 bits per heavy atom. The van der Waals surface area contributed by atoms with Gasteiger partial charge in [0.1, 0.15) is 4.90 Å². The maximum absolute atomic E-state index is 12.8. The molecule has 1 heterocycles. The molecule has 2 rings (SSSR count). The summed E-state index contributed by atoms with van der Waals surface area (Å²) in [6.45, 7) is 4.52. The van der Waals surface area contributed by atoms with Gasteiger partial charge in [0.15, 0.2) is 0 Å². The lowest BCUT2D eigenvalue weighted by Gasteiger charge is -2.31. The summed E-state index contributed by atoms with van der Waals surface area (Å²) in [7, 11) is -3.64. The third-order valence-corrected chi connectivity index (χ3v) is 6.64. The lowest BCUT2D eigenvalue weighted by molar-refractivity contribution is 0.291. The Hall–Kier alpha value is -0.330. The minimum atomic E-state index is -3.64. The summed E-state index contributed by atoms with van der Waals surface area (Å²) in [6, 6.07) is 2.93. The SMILES string of the molecule is CC1(C)CCCN1S(=O)(=O)c1cc(CN)c(Cl)cc1Cl. The lowest BCUT2D eigenvalue weighted by Crippen LogP contribution is -2.42. The van der Waals surface area contributed by atoms with Crippen LogP contribution in [0.4, 0.5) is 0 Å². The summed E-state index contributed by atoms with van der Waals surface area (Å²) in [5.74, 6) is 0. The van der Waals surface area contributed by atoms with Crippen LogP contribution >= 0.6 is 23.2 Å². The highest BCUT2D eigenvalue weighted by atomic mass is 35.5. The van der Waals surface area contributed by atoms with E-state index in [1.807, 2.05) is 13.8 Å². The van der Waals surface area contributed by atoms with E-state index in [-0.39, 0.29) is 16.5 Å². The van der Waals surface area contributed by atoms with Crippen molar-refractivity contribution >= 4 is 33.2 Å². The largest absolute Gasteiger partial charge is 0.326 e.